The maximum atomic E-state index is 12.3. The number of thioether (sulfide) groups is 1. The van der Waals surface area contributed by atoms with Crippen molar-refractivity contribution in [3.8, 4) is 5.75 Å². The standard InChI is InChI=1S/C22H21NO4S2/c24-20(25)15-23-21(26)19(29-22(23)28)14-17-9-11-18(12-10-17)27-13-5-4-8-16-6-2-1-3-7-16/h1-3,6-7,9-12,14H,4-5,8,13,15H2,(H,24,25)/b19-14-. The van der Waals surface area contributed by atoms with Gasteiger partial charge in [0.15, 0.2) is 0 Å². The summed E-state index contributed by atoms with van der Waals surface area (Å²) < 4.78 is 6.04. The van der Waals surface area contributed by atoms with E-state index in [4.69, 9.17) is 22.1 Å². The maximum Gasteiger partial charge on any atom is 0.323 e. The van der Waals surface area contributed by atoms with Crippen molar-refractivity contribution in [2.24, 2.45) is 0 Å². The number of aryl methyl sites for hydroxylation is 1. The average Bonchev–Trinajstić information content (AvgIpc) is 2.97. The summed E-state index contributed by atoms with van der Waals surface area (Å²) in [5.74, 6) is -0.686. The van der Waals surface area contributed by atoms with Gasteiger partial charge in [0.05, 0.1) is 11.5 Å². The molecule has 0 spiro atoms. The Morgan fingerprint density at radius 2 is 1.83 bits per heavy atom. The normalized spacial score (nSPS) is 15.2. The predicted octanol–water partition coefficient (Wildman–Crippen LogP) is 4.37. The van der Waals surface area contributed by atoms with Crippen LogP contribution in [0.5, 0.6) is 5.75 Å². The Morgan fingerprint density at radius 3 is 2.52 bits per heavy atom. The Morgan fingerprint density at radius 1 is 1.10 bits per heavy atom. The van der Waals surface area contributed by atoms with E-state index < -0.39 is 12.5 Å². The van der Waals surface area contributed by atoms with Gasteiger partial charge < -0.3 is 9.84 Å². The van der Waals surface area contributed by atoms with E-state index in [0.29, 0.717) is 11.5 Å². The molecule has 1 fully saturated rings. The number of carbonyl (C=O) groups is 2. The highest BCUT2D eigenvalue weighted by molar-refractivity contribution is 8.26. The van der Waals surface area contributed by atoms with Gasteiger partial charge in [-0.15, -0.1) is 0 Å². The number of aliphatic carboxylic acids is 1. The number of nitrogens with zero attached hydrogens (tertiary/aromatic N) is 1. The van der Waals surface area contributed by atoms with Crippen LogP contribution in [0, 0.1) is 0 Å². The lowest BCUT2D eigenvalue weighted by Crippen LogP contribution is -2.33. The highest BCUT2D eigenvalue weighted by atomic mass is 32.2. The molecule has 0 radical (unpaired) electrons. The fourth-order valence-electron chi connectivity index (χ4n) is 2.85. The summed E-state index contributed by atoms with van der Waals surface area (Å²) in [6.07, 6.45) is 4.80. The second kappa shape index (κ2) is 10.2. The molecule has 2 aromatic rings. The third-order valence-electron chi connectivity index (χ3n) is 4.32. The van der Waals surface area contributed by atoms with Gasteiger partial charge >= 0.3 is 5.97 Å². The van der Waals surface area contributed by atoms with Crippen LogP contribution in [-0.4, -0.2) is 39.4 Å². The van der Waals surface area contributed by atoms with Crippen LogP contribution in [-0.2, 0) is 16.0 Å². The SMILES string of the molecule is O=C(O)CN1C(=O)/C(=C/c2ccc(OCCCCc3ccccc3)cc2)SC1=S. The zero-order valence-electron chi connectivity index (χ0n) is 15.7. The van der Waals surface area contributed by atoms with E-state index >= 15 is 0 Å². The van der Waals surface area contributed by atoms with E-state index in [0.717, 1.165) is 47.2 Å². The third-order valence-corrected chi connectivity index (χ3v) is 5.69. The molecule has 150 valence electrons. The van der Waals surface area contributed by atoms with Gasteiger partial charge in [0.1, 0.15) is 16.6 Å². The van der Waals surface area contributed by atoms with E-state index in [-0.39, 0.29) is 10.2 Å². The quantitative estimate of drug-likeness (QED) is 0.364. The Balaban J connectivity index is 1.47. The second-order valence-electron chi connectivity index (χ2n) is 6.52. The number of ether oxygens (including phenoxy) is 1. The first-order chi connectivity index (χ1) is 14.0. The van der Waals surface area contributed by atoms with Gasteiger partial charge in [-0.2, -0.15) is 0 Å². The first kappa shape index (κ1) is 21.1. The van der Waals surface area contributed by atoms with Crippen LogP contribution < -0.4 is 4.74 Å². The van der Waals surface area contributed by atoms with E-state index in [1.165, 1.54) is 5.56 Å². The molecule has 2 aromatic carbocycles. The number of benzene rings is 2. The van der Waals surface area contributed by atoms with E-state index in [9.17, 15) is 9.59 Å². The van der Waals surface area contributed by atoms with Crippen LogP contribution in [0.2, 0.25) is 0 Å². The fourth-order valence-corrected chi connectivity index (χ4v) is 4.10. The summed E-state index contributed by atoms with van der Waals surface area (Å²) in [6, 6.07) is 17.8. The predicted molar refractivity (Wildman–Crippen MR) is 119 cm³/mol. The van der Waals surface area contributed by atoms with Crippen molar-refractivity contribution in [2.75, 3.05) is 13.2 Å². The zero-order valence-corrected chi connectivity index (χ0v) is 17.4. The minimum Gasteiger partial charge on any atom is -0.494 e. The van der Waals surface area contributed by atoms with Gasteiger partial charge in [0.2, 0.25) is 0 Å². The van der Waals surface area contributed by atoms with E-state index in [1.54, 1.807) is 6.08 Å². The maximum absolute atomic E-state index is 12.3. The Bertz CT molecular complexity index is 910. The minimum atomic E-state index is -1.09. The number of thiocarbonyl (C=S) groups is 1. The molecule has 1 aliphatic heterocycles. The first-order valence-electron chi connectivity index (χ1n) is 9.27. The molecular weight excluding hydrogens is 406 g/mol. The Labute approximate surface area is 179 Å². The number of carboxylic acids is 1. The number of unbranched alkanes of at least 4 members (excludes halogenated alkanes) is 1. The number of amides is 1. The molecule has 0 atom stereocenters. The van der Waals surface area contributed by atoms with Gasteiger partial charge in [-0.05, 0) is 48.6 Å². The van der Waals surface area contributed by atoms with E-state index in [1.807, 2.05) is 30.3 Å². The summed E-state index contributed by atoms with van der Waals surface area (Å²) in [5, 5.41) is 8.88. The minimum absolute atomic E-state index is 0.263. The molecular formula is C22H21NO4S2. The largest absolute Gasteiger partial charge is 0.494 e. The van der Waals surface area contributed by atoms with Crippen molar-refractivity contribution < 1.29 is 19.4 Å². The lowest BCUT2D eigenvalue weighted by molar-refractivity contribution is -0.140. The summed E-state index contributed by atoms with van der Waals surface area (Å²) >= 11 is 6.21. The molecule has 3 rings (SSSR count). The summed E-state index contributed by atoms with van der Waals surface area (Å²) in [7, 11) is 0. The molecule has 1 heterocycles. The van der Waals surface area contributed by atoms with Crippen LogP contribution in [0.1, 0.15) is 24.0 Å². The van der Waals surface area contributed by atoms with Crippen molar-refractivity contribution in [3.05, 3.63) is 70.6 Å². The van der Waals surface area contributed by atoms with Crippen molar-refractivity contribution in [1.82, 2.24) is 4.90 Å². The molecule has 0 bridgehead atoms. The zero-order chi connectivity index (χ0) is 20.6. The number of rotatable bonds is 9. The van der Waals surface area contributed by atoms with Crippen LogP contribution in [0.3, 0.4) is 0 Å². The number of hydrogen-bond donors (Lipinski definition) is 1. The molecule has 1 saturated heterocycles. The lowest BCUT2D eigenvalue weighted by atomic mass is 10.1. The molecule has 1 N–H and O–H groups in total. The monoisotopic (exact) mass is 427 g/mol. The molecule has 7 heteroatoms. The van der Waals surface area contributed by atoms with Crippen LogP contribution in [0.25, 0.3) is 6.08 Å². The fraction of sp³-hybridized carbons (Fsp3) is 0.227. The average molecular weight is 428 g/mol. The topological polar surface area (TPSA) is 66.8 Å². The number of carbonyl (C=O) groups excluding carboxylic acids is 1. The van der Waals surface area contributed by atoms with E-state index in [2.05, 4.69) is 24.3 Å². The van der Waals surface area contributed by atoms with Gasteiger partial charge in [-0.25, -0.2) is 0 Å². The summed E-state index contributed by atoms with van der Waals surface area (Å²) in [6.45, 7) is 0.235. The van der Waals surface area contributed by atoms with Crippen LogP contribution in [0.4, 0.5) is 0 Å². The summed E-state index contributed by atoms with van der Waals surface area (Å²) in [4.78, 5) is 24.7. The van der Waals surface area contributed by atoms with Crippen molar-refractivity contribution >= 4 is 46.3 Å². The molecule has 29 heavy (non-hydrogen) atoms. The van der Waals surface area contributed by atoms with Crippen molar-refractivity contribution in [3.63, 3.8) is 0 Å². The van der Waals surface area contributed by atoms with Crippen molar-refractivity contribution in [1.29, 1.82) is 0 Å². The Kier molecular flexibility index (Phi) is 7.43. The van der Waals surface area contributed by atoms with Gasteiger partial charge in [-0.1, -0.05) is 66.4 Å². The third kappa shape index (κ3) is 6.17. The lowest BCUT2D eigenvalue weighted by Gasteiger charge is -2.10. The van der Waals surface area contributed by atoms with Gasteiger partial charge in [0, 0.05) is 0 Å². The Hall–Kier alpha value is -2.64. The first-order valence-corrected chi connectivity index (χ1v) is 10.5. The number of hydrogen-bond acceptors (Lipinski definition) is 5. The van der Waals surface area contributed by atoms with Gasteiger partial charge in [0.25, 0.3) is 5.91 Å². The van der Waals surface area contributed by atoms with Crippen molar-refractivity contribution in [2.45, 2.75) is 19.3 Å². The molecule has 0 unspecified atom stereocenters. The molecule has 1 aliphatic rings. The van der Waals surface area contributed by atoms with Gasteiger partial charge in [-0.3, -0.25) is 14.5 Å². The van der Waals surface area contributed by atoms with Crippen LogP contribution in [0.15, 0.2) is 59.5 Å². The highest BCUT2D eigenvalue weighted by Gasteiger charge is 2.33. The van der Waals surface area contributed by atoms with Crippen LogP contribution >= 0.6 is 24.0 Å². The molecule has 0 aromatic heterocycles. The smallest absolute Gasteiger partial charge is 0.323 e. The summed E-state index contributed by atoms with van der Waals surface area (Å²) in [5.41, 5.74) is 2.17. The molecule has 1 amide bonds. The molecule has 0 aliphatic carbocycles. The number of carboxylic acid groups (broad SMARTS) is 1. The highest BCUT2D eigenvalue weighted by Crippen LogP contribution is 2.32. The molecule has 5 nitrogen and oxygen atoms in total. The second-order valence-corrected chi connectivity index (χ2v) is 8.20. The molecule has 0 saturated carbocycles.